The summed E-state index contributed by atoms with van der Waals surface area (Å²) in [6.45, 7) is 4.67. The summed E-state index contributed by atoms with van der Waals surface area (Å²) in [6.07, 6.45) is 0.670. The second kappa shape index (κ2) is 8.30. The highest BCUT2D eigenvalue weighted by atomic mass is 32.2. The number of benzene rings is 1. The van der Waals surface area contributed by atoms with Gasteiger partial charge in [0.2, 0.25) is 0 Å². The van der Waals surface area contributed by atoms with Crippen LogP contribution in [0.15, 0.2) is 30.3 Å². The molecule has 4 nitrogen and oxygen atoms in total. The molecule has 5 heteroatoms. The third-order valence-corrected chi connectivity index (χ3v) is 4.85. The van der Waals surface area contributed by atoms with E-state index in [9.17, 15) is 8.42 Å². The molecule has 0 aliphatic heterocycles. The quantitative estimate of drug-likeness (QED) is 0.742. The van der Waals surface area contributed by atoms with E-state index >= 15 is 0 Å². The molecule has 0 atom stereocenters. The Hall–Kier alpha value is -0.910. The van der Waals surface area contributed by atoms with Crippen LogP contribution in [0, 0.1) is 0 Å². The van der Waals surface area contributed by atoms with Gasteiger partial charge in [0.1, 0.15) is 9.84 Å². The molecule has 0 aromatic heterocycles. The van der Waals surface area contributed by atoms with Crippen molar-refractivity contribution >= 4 is 9.84 Å². The van der Waals surface area contributed by atoms with Crippen molar-refractivity contribution in [1.82, 2.24) is 4.90 Å². The number of nitrogens with zero attached hydrogens (tertiary/aromatic N) is 1. The number of rotatable bonds is 9. The van der Waals surface area contributed by atoms with Crippen LogP contribution in [0.3, 0.4) is 0 Å². The fourth-order valence-electron chi connectivity index (χ4n) is 1.95. The minimum atomic E-state index is -2.86. The van der Waals surface area contributed by atoms with Gasteiger partial charge in [-0.1, -0.05) is 37.3 Å². The van der Waals surface area contributed by atoms with Gasteiger partial charge in [-0.25, -0.2) is 8.42 Å². The van der Waals surface area contributed by atoms with Crippen LogP contribution < -0.4 is 5.73 Å². The third-order valence-electron chi connectivity index (χ3n) is 3.06. The maximum absolute atomic E-state index is 11.5. The van der Waals surface area contributed by atoms with Crippen molar-refractivity contribution in [2.24, 2.45) is 5.73 Å². The van der Waals surface area contributed by atoms with E-state index in [2.05, 4.69) is 17.0 Å². The fourth-order valence-corrected chi connectivity index (χ4v) is 2.80. The highest BCUT2D eigenvalue weighted by molar-refractivity contribution is 7.91. The Morgan fingerprint density at radius 2 is 1.84 bits per heavy atom. The molecule has 1 aromatic rings. The highest BCUT2D eigenvalue weighted by Crippen LogP contribution is 2.05. The minimum absolute atomic E-state index is 0.225. The molecular weight excluding hydrogens is 260 g/mol. The van der Waals surface area contributed by atoms with E-state index in [4.69, 9.17) is 5.73 Å². The largest absolute Gasteiger partial charge is 0.329 e. The van der Waals surface area contributed by atoms with Gasteiger partial charge < -0.3 is 5.73 Å². The third kappa shape index (κ3) is 6.71. The molecule has 19 heavy (non-hydrogen) atoms. The molecule has 0 aliphatic rings. The van der Waals surface area contributed by atoms with Gasteiger partial charge in [-0.2, -0.15) is 0 Å². The molecule has 1 aromatic carbocycles. The van der Waals surface area contributed by atoms with Crippen LogP contribution in [-0.2, 0) is 16.4 Å². The van der Waals surface area contributed by atoms with Crippen LogP contribution in [0.25, 0.3) is 0 Å². The van der Waals surface area contributed by atoms with Crippen LogP contribution in [0.5, 0.6) is 0 Å². The molecule has 1 rings (SSSR count). The summed E-state index contributed by atoms with van der Waals surface area (Å²) < 4.78 is 22.9. The SMILES string of the molecule is CCS(=O)(=O)CCCN(CCN)Cc1ccccc1. The van der Waals surface area contributed by atoms with E-state index in [1.54, 1.807) is 6.92 Å². The number of sulfone groups is 1. The van der Waals surface area contributed by atoms with Gasteiger partial charge in [0.25, 0.3) is 0 Å². The van der Waals surface area contributed by atoms with Crippen molar-refractivity contribution in [2.75, 3.05) is 31.1 Å². The molecule has 0 heterocycles. The lowest BCUT2D eigenvalue weighted by Crippen LogP contribution is -2.31. The zero-order chi connectivity index (χ0) is 14.1. The van der Waals surface area contributed by atoms with Crippen molar-refractivity contribution in [3.63, 3.8) is 0 Å². The van der Waals surface area contributed by atoms with Crippen LogP contribution in [0.1, 0.15) is 18.9 Å². The first-order valence-electron chi connectivity index (χ1n) is 6.74. The second-order valence-electron chi connectivity index (χ2n) is 4.64. The minimum Gasteiger partial charge on any atom is -0.329 e. The number of hydrogen-bond donors (Lipinski definition) is 1. The molecule has 2 N–H and O–H groups in total. The lowest BCUT2D eigenvalue weighted by Gasteiger charge is -2.21. The first-order valence-corrected chi connectivity index (χ1v) is 8.56. The summed E-state index contributed by atoms with van der Waals surface area (Å²) in [7, 11) is -2.86. The first kappa shape index (κ1) is 16.1. The maximum Gasteiger partial charge on any atom is 0.150 e. The van der Waals surface area contributed by atoms with Crippen molar-refractivity contribution in [2.45, 2.75) is 19.9 Å². The summed E-state index contributed by atoms with van der Waals surface area (Å²) in [5, 5.41) is 0. The fraction of sp³-hybridized carbons (Fsp3) is 0.571. The Morgan fingerprint density at radius 3 is 2.42 bits per heavy atom. The normalized spacial score (nSPS) is 11.9. The van der Waals surface area contributed by atoms with Gasteiger partial charge in [0.05, 0.1) is 5.75 Å². The number of nitrogens with two attached hydrogens (primary N) is 1. The molecular formula is C14H24N2O2S. The predicted octanol–water partition coefficient (Wildman–Crippen LogP) is 1.27. The van der Waals surface area contributed by atoms with Crippen molar-refractivity contribution in [1.29, 1.82) is 0 Å². The Morgan fingerprint density at radius 1 is 1.16 bits per heavy atom. The molecule has 0 spiro atoms. The van der Waals surface area contributed by atoms with Crippen LogP contribution in [-0.4, -0.2) is 44.5 Å². The molecule has 0 amide bonds. The Kier molecular flexibility index (Phi) is 7.05. The number of hydrogen-bond acceptors (Lipinski definition) is 4. The van der Waals surface area contributed by atoms with Gasteiger partial charge in [0, 0.05) is 25.4 Å². The van der Waals surface area contributed by atoms with E-state index < -0.39 is 9.84 Å². The van der Waals surface area contributed by atoms with Gasteiger partial charge in [-0.3, -0.25) is 4.90 Å². The van der Waals surface area contributed by atoms with Gasteiger partial charge in [0.15, 0.2) is 0 Å². The van der Waals surface area contributed by atoms with Gasteiger partial charge in [-0.05, 0) is 18.5 Å². The van der Waals surface area contributed by atoms with Crippen LogP contribution in [0.4, 0.5) is 0 Å². The molecule has 0 bridgehead atoms. The molecule has 0 fully saturated rings. The van der Waals surface area contributed by atoms with E-state index in [1.165, 1.54) is 5.56 Å². The standard InChI is InChI=1S/C14H24N2O2S/c1-2-19(17,18)12-6-10-16(11-9-15)13-14-7-4-3-5-8-14/h3-5,7-8H,2,6,9-13,15H2,1H3. The van der Waals surface area contributed by atoms with E-state index in [0.29, 0.717) is 13.0 Å². The lowest BCUT2D eigenvalue weighted by molar-refractivity contribution is 0.274. The van der Waals surface area contributed by atoms with Crippen molar-refractivity contribution in [3.8, 4) is 0 Å². The van der Waals surface area contributed by atoms with Gasteiger partial charge in [-0.15, -0.1) is 0 Å². The Labute approximate surface area is 116 Å². The zero-order valence-corrected chi connectivity index (χ0v) is 12.4. The first-order chi connectivity index (χ1) is 9.07. The average Bonchev–Trinajstić information content (AvgIpc) is 2.40. The predicted molar refractivity (Wildman–Crippen MR) is 79.7 cm³/mol. The van der Waals surface area contributed by atoms with E-state index in [0.717, 1.165) is 19.6 Å². The summed E-state index contributed by atoms with van der Waals surface area (Å²) in [5.41, 5.74) is 6.84. The van der Waals surface area contributed by atoms with E-state index in [1.807, 2.05) is 18.2 Å². The smallest absolute Gasteiger partial charge is 0.150 e. The molecule has 0 saturated heterocycles. The summed E-state index contributed by atoms with van der Waals surface area (Å²) in [6, 6.07) is 10.2. The van der Waals surface area contributed by atoms with Crippen LogP contribution >= 0.6 is 0 Å². The monoisotopic (exact) mass is 284 g/mol. The Balaban J connectivity index is 2.45. The topological polar surface area (TPSA) is 63.4 Å². The lowest BCUT2D eigenvalue weighted by atomic mass is 10.2. The highest BCUT2D eigenvalue weighted by Gasteiger charge is 2.10. The second-order valence-corrected chi connectivity index (χ2v) is 7.11. The van der Waals surface area contributed by atoms with Crippen molar-refractivity contribution in [3.05, 3.63) is 35.9 Å². The summed E-state index contributed by atoms with van der Waals surface area (Å²) in [5.74, 6) is 0.488. The molecule has 0 aliphatic carbocycles. The Bertz CT molecular complexity index is 446. The van der Waals surface area contributed by atoms with Gasteiger partial charge >= 0.3 is 0 Å². The maximum atomic E-state index is 11.5. The molecule has 0 radical (unpaired) electrons. The molecule has 0 saturated carbocycles. The summed E-state index contributed by atoms with van der Waals surface area (Å²) >= 11 is 0. The van der Waals surface area contributed by atoms with E-state index in [-0.39, 0.29) is 11.5 Å². The molecule has 0 unspecified atom stereocenters. The molecule has 108 valence electrons. The van der Waals surface area contributed by atoms with Crippen LogP contribution in [0.2, 0.25) is 0 Å². The van der Waals surface area contributed by atoms with Crippen molar-refractivity contribution < 1.29 is 8.42 Å². The average molecular weight is 284 g/mol. The zero-order valence-electron chi connectivity index (χ0n) is 11.6. The summed E-state index contributed by atoms with van der Waals surface area (Å²) in [4.78, 5) is 2.21.